The van der Waals surface area contributed by atoms with Crippen LogP contribution in [0.2, 0.25) is 10.0 Å². The molecule has 0 bridgehead atoms. The summed E-state index contributed by atoms with van der Waals surface area (Å²) < 4.78 is 3.35. The maximum atomic E-state index is 11.0. The number of hydrogen-bond donors (Lipinski definition) is 1. The second-order valence-corrected chi connectivity index (χ2v) is 6.89. The number of aliphatic hydroxyl groups is 1. The Bertz CT molecular complexity index is 1120. The van der Waals surface area contributed by atoms with Gasteiger partial charge < -0.3 is 5.11 Å². The zero-order valence-electron chi connectivity index (χ0n) is 14.1. The molecule has 0 saturated carbocycles. The van der Waals surface area contributed by atoms with Gasteiger partial charge in [0, 0.05) is 34.4 Å². The fourth-order valence-corrected chi connectivity index (χ4v) is 3.35. The summed E-state index contributed by atoms with van der Waals surface area (Å²) in [5.41, 5.74) is 3.98. The third kappa shape index (κ3) is 2.86. The Morgan fingerprint density at radius 1 is 1.15 bits per heavy atom. The van der Waals surface area contributed by atoms with E-state index in [0.717, 1.165) is 11.3 Å². The quantitative estimate of drug-likeness (QED) is 0.579. The van der Waals surface area contributed by atoms with E-state index in [1.807, 2.05) is 32.3 Å². The standard InChI is InChI=1S/C18H15Cl2N5O/c1-10-17(18(26)13-7-12(19)3-4-14(13)20)25-16(22-10)6-5-15(23-25)11-8-21-24(2)9-11/h3-9,18,26H,1-2H3. The van der Waals surface area contributed by atoms with Gasteiger partial charge >= 0.3 is 0 Å². The molecule has 26 heavy (non-hydrogen) atoms. The molecular formula is C18H15Cl2N5O. The van der Waals surface area contributed by atoms with Crippen molar-refractivity contribution in [2.75, 3.05) is 0 Å². The molecule has 0 spiro atoms. The predicted octanol–water partition coefficient (Wildman–Crippen LogP) is 3.83. The smallest absolute Gasteiger partial charge is 0.154 e. The van der Waals surface area contributed by atoms with E-state index >= 15 is 0 Å². The average Bonchev–Trinajstić information content (AvgIpc) is 3.18. The lowest BCUT2D eigenvalue weighted by molar-refractivity contribution is 0.212. The van der Waals surface area contributed by atoms with Gasteiger partial charge in [-0.05, 0) is 37.3 Å². The number of aliphatic hydroxyl groups excluding tert-OH is 1. The second-order valence-electron chi connectivity index (χ2n) is 6.04. The molecule has 0 fully saturated rings. The van der Waals surface area contributed by atoms with Gasteiger partial charge in [0.1, 0.15) is 6.10 Å². The molecule has 0 aliphatic carbocycles. The number of aryl methyl sites for hydroxylation is 2. The first kappa shape index (κ1) is 17.0. The number of fused-ring (bicyclic) bond motifs is 1. The molecular weight excluding hydrogens is 373 g/mol. The number of halogens is 2. The Morgan fingerprint density at radius 3 is 2.69 bits per heavy atom. The van der Waals surface area contributed by atoms with Gasteiger partial charge in [0.05, 0.1) is 23.3 Å². The third-order valence-electron chi connectivity index (χ3n) is 4.21. The minimum atomic E-state index is -1.01. The van der Waals surface area contributed by atoms with Crippen molar-refractivity contribution >= 4 is 28.8 Å². The molecule has 4 rings (SSSR count). The summed E-state index contributed by atoms with van der Waals surface area (Å²) in [5.74, 6) is 0. The van der Waals surface area contributed by atoms with E-state index < -0.39 is 6.10 Å². The zero-order chi connectivity index (χ0) is 18.4. The predicted molar refractivity (Wildman–Crippen MR) is 100 cm³/mol. The van der Waals surface area contributed by atoms with Crippen LogP contribution in [0, 0.1) is 6.92 Å². The topological polar surface area (TPSA) is 68.2 Å². The van der Waals surface area contributed by atoms with Gasteiger partial charge in [-0.3, -0.25) is 4.68 Å². The van der Waals surface area contributed by atoms with Gasteiger partial charge in [-0.15, -0.1) is 0 Å². The Morgan fingerprint density at radius 2 is 1.96 bits per heavy atom. The van der Waals surface area contributed by atoms with Crippen molar-refractivity contribution in [3.8, 4) is 11.3 Å². The molecule has 0 aliphatic heterocycles. The van der Waals surface area contributed by atoms with Crippen LogP contribution in [0.3, 0.4) is 0 Å². The lowest BCUT2D eigenvalue weighted by Gasteiger charge is -2.14. The minimum absolute atomic E-state index is 0.430. The van der Waals surface area contributed by atoms with Gasteiger partial charge in [-0.2, -0.15) is 10.2 Å². The lowest BCUT2D eigenvalue weighted by Crippen LogP contribution is -2.08. The van der Waals surface area contributed by atoms with Gasteiger partial charge in [0.2, 0.25) is 0 Å². The summed E-state index contributed by atoms with van der Waals surface area (Å²) in [4.78, 5) is 4.50. The summed E-state index contributed by atoms with van der Waals surface area (Å²) in [6.07, 6.45) is 2.61. The average molecular weight is 388 g/mol. The highest BCUT2D eigenvalue weighted by Crippen LogP contribution is 2.32. The monoisotopic (exact) mass is 387 g/mol. The largest absolute Gasteiger partial charge is 0.382 e. The highest BCUT2D eigenvalue weighted by Gasteiger charge is 2.23. The Balaban J connectivity index is 1.88. The van der Waals surface area contributed by atoms with E-state index in [4.69, 9.17) is 23.2 Å². The van der Waals surface area contributed by atoms with E-state index in [2.05, 4.69) is 15.2 Å². The maximum absolute atomic E-state index is 11.0. The zero-order valence-corrected chi connectivity index (χ0v) is 15.6. The van der Waals surface area contributed by atoms with Gasteiger partial charge in [0.25, 0.3) is 0 Å². The van der Waals surface area contributed by atoms with Crippen LogP contribution in [0.15, 0.2) is 42.7 Å². The minimum Gasteiger partial charge on any atom is -0.382 e. The van der Waals surface area contributed by atoms with Crippen molar-refractivity contribution in [3.05, 3.63) is 69.7 Å². The van der Waals surface area contributed by atoms with Crippen molar-refractivity contribution in [2.24, 2.45) is 7.05 Å². The molecule has 1 atom stereocenters. The first-order chi connectivity index (χ1) is 12.4. The van der Waals surface area contributed by atoms with Crippen molar-refractivity contribution in [2.45, 2.75) is 13.0 Å². The van der Waals surface area contributed by atoms with Crippen molar-refractivity contribution in [1.82, 2.24) is 24.4 Å². The Labute approximate surface area is 159 Å². The molecule has 1 aromatic carbocycles. The van der Waals surface area contributed by atoms with E-state index in [9.17, 15) is 5.11 Å². The highest BCUT2D eigenvalue weighted by atomic mass is 35.5. The number of rotatable bonds is 3. The first-order valence-corrected chi connectivity index (χ1v) is 8.68. The highest BCUT2D eigenvalue weighted by molar-refractivity contribution is 6.33. The van der Waals surface area contributed by atoms with Crippen LogP contribution < -0.4 is 0 Å². The van der Waals surface area contributed by atoms with Crippen molar-refractivity contribution < 1.29 is 5.11 Å². The number of hydrogen-bond acceptors (Lipinski definition) is 4. The molecule has 1 N–H and O–H groups in total. The number of imidazole rings is 1. The number of nitrogens with zero attached hydrogens (tertiary/aromatic N) is 5. The van der Waals surface area contributed by atoms with Crippen LogP contribution in [-0.4, -0.2) is 29.5 Å². The summed E-state index contributed by atoms with van der Waals surface area (Å²) in [7, 11) is 1.85. The fourth-order valence-electron chi connectivity index (χ4n) is 2.95. The fraction of sp³-hybridized carbons (Fsp3) is 0.167. The molecule has 3 aromatic heterocycles. The molecule has 0 aliphatic rings. The molecule has 0 saturated heterocycles. The molecule has 4 aromatic rings. The van der Waals surface area contributed by atoms with Crippen molar-refractivity contribution in [1.29, 1.82) is 0 Å². The molecule has 8 heteroatoms. The summed E-state index contributed by atoms with van der Waals surface area (Å²) in [6, 6.07) is 8.73. The molecule has 0 amide bonds. The molecule has 3 heterocycles. The summed E-state index contributed by atoms with van der Waals surface area (Å²) in [5, 5.41) is 20.7. The normalized spacial score (nSPS) is 12.7. The van der Waals surface area contributed by atoms with Crippen LogP contribution in [0.4, 0.5) is 0 Å². The number of aromatic nitrogens is 5. The summed E-state index contributed by atoms with van der Waals surface area (Å²) >= 11 is 12.3. The SMILES string of the molecule is Cc1nc2ccc(-c3cnn(C)c3)nn2c1C(O)c1cc(Cl)ccc1Cl. The van der Waals surface area contributed by atoms with Crippen molar-refractivity contribution in [3.63, 3.8) is 0 Å². The third-order valence-corrected chi connectivity index (χ3v) is 4.79. The molecule has 132 valence electrons. The molecule has 6 nitrogen and oxygen atoms in total. The van der Waals surface area contributed by atoms with Crippen LogP contribution in [0.1, 0.15) is 23.1 Å². The van der Waals surface area contributed by atoms with Crippen LogP contribution in [0.5, 0.6) is 0 Å². The van der Waals surface area contributed by atoms with Crippen LogP contribution >= 0.6 is 23.2 Å². The van der Waals surface area contributed by atoms with E-state index in [0.29, 0.717) is 32.6 Å². The number of benzene rings is 1. The van der Waals surface area contributed by atoms with E-state index in [1.165, 1.54) is 0 Å². The second kappa shape index (κ2) is 6.39. The lowest BCUT2D eigenvalue weighted by atomic mass is 10.1. The van der Waals surface area contributed by atoms with Gasteiger partial charge in [0.15, 0.2) is 5.65 Å². The Kier molecular flexibility index (Phi) is 4.19. The van der Waals surface area contributed by atoms with Gasteiger partial charge in [-0.25, -0.2) is 9.50 Å². The van der Waals surface area contributed by atoms with E-state index in [1.54, 1.807) is 33.6 Å². The van der Waals surface area contributed by atoms with E-state index in [-0.39, 0.29) is 0 Å². The molecule has 1 unspecified atom stereocenters. The first-order valence-electron chi connectivity index (χ1n) is 7.92. The molecule has 0 radical (unpaired) electrons. The summed E-state index contributed by atoms with van der Waals surface area (Å²) in [6.45, 7) is 1.83. The van der Waals surface area contributed by atoms with Crippen LogP contribution in [0.25, 0.3) is 16.9 Å². The Hall–Kier alpha value is -2.41. The maximum Gasteiger partial charge on any atom is 0.154 e. The van der Waals surface area contributed by atoms with Gasteiger partial charge in [-0.1, -0.05) is 23.2 Å². The van der Waals surface area contributed by atoms with Crippen LogP contribution in [-0.2, 0) is 7.05 Å².